The zero-order valence-electron chi connectivity index (χ0n) is 10.0. The highest BCUT2D eigenvalue weighted by Gasteiger charge is 2.20. The molecule has 1 saturated carbocycles. The van der Waals surface area contributed by atoms with E-state index in [1.54, 1.807) is 0 Å². The van der Waals surface area contributed by atoms with Crippen molar-refractivity contribution in [2.75, 3.05) is 20.1 Å². The molecule has 0 aromatic carbocycles. The van der Waals surface area contributed by atoms with Gasteiger partial charge in [0.15, 0.2) is 0 Å². The van der Waals surface area contributed by atoms with Gasteiger partial charge in [0.2, 0.25) is 5.91 Å². The second-order valence-electron chi connectivity index (χ2n) is 4.74. The fourth-order valence-electron chi connectivity index (χ4n) is 2.20. The van der Waals surface area contributed by atoms with Gasteiger partial charge in [-0.3, -0.25) is 4.79 Å². The van der Waals surface area contributed by atoms with Crippen molar-refractivity contribution in [3.8, 4) is 0 Å². The summed E-state index contributed by atoms with van der Waals surface area (Å²) in [6.45, 7) is 3.92. The average Bonchev–Trinajstić information content (AvgIpc) is 2.27. The molecular weight excluding hydrogens is 188 g/mol. The number of nitrogens with one attached hydrogen (secondary N) is 2. The molecule has 0 heterocycles. The van der Waals surface area contributed by atoms with Gasteiger partial charge in [-0.1, -0.05) is 26.2 Å². The van der Waals surface area contributed by atoms with Crippen LogP contribution in [0.2, 0.25) is 0 Å². The molecule has 1 atom stereocenters. The molecule has 0 spiro atoms. The zero-order chi connectivity index (χ0) is 11.1. The Kier molecular flexibility index (Phi) is 5.69. The number of hydrogen-bond acceptors (Lipinski definition) is 2. The number of amides is 1. The van der Waals surface area contributed by atoms with Gasteiger partial charge >= 0.3 is 0 Å². The van der Waals surface area contributed by atoms with Gasteiger partial charge in [-0.25, -0.2) is 0 Å². The molecule has 0 aliphatic heterocycles. The van der Waals surface area contributed by atoms with Gasteiger partial charge < -0.3 is 10.6 Å². The summed E-state index contributed by atoms with van der Waals surface area (Å²) >= 11 is 0. The summed E-state index contributed by atoms with van der Waals surface area (Å²) in [5.41, 5.74) is 0. The molecule has 0 aromatic rings. The zero-order valence-corrected chi connectivity index (χ0v) is 10.0. The third-order valence-corrected chi connectivity index (χ3v) is 3.15. The van der Waals surface area contributed by atoms with Crippen LogP contribution in [-0.4, -0.2) is 26.0 Å². The van der Waals surface area contributed by atoms with Crippen LogP contribution < -0.4 is 10.6 Å². The molecule has 0 saturated heterocycles. The Morgan fingerprint density at radius 2 is 1.93 bits per heavy atom. The Balaban J connectivity index is 2.16. The third-order valence-electron chi connectivity index (χ3n) is 3.15. The van der Waals surface area contributed by atoms with Crippen molar-refractivity contribution in [3.05, 3.63) is 0 Å². The molecule has 1 unspecified atom stereocenters. The van der Waals surface area contributed by atoms with E-state index in [0.717, 1.165) is 25.9 Å². The first kappa shape index (κ1) is 12.5. The van der Waals surface area contributed by atoms with Crippen molar-refractivity contribution in [2.45, 2.75) is 39.0 Å². The average molecular weight is 212 g/mol. The SMILES string of the molecule is CNCC(C)CNC(=O)C1CCCCC1. The standard InChI is InChI=1S/C12H24N2O/c1-10(8-13-2)9-14-12(15)11-6-4-3-5-7-11/h10-11,13H,3-9H2,1-2H3,(H,14,15). The first-order chi connectivity index (χ1) is 7.24. The normalized spacial score (nSPS) is 19.9. The summed E-state index contributed by atoms with van der Waals surface area (Å²) in [5.74, 6) is 1.08. The summed E-state index contributed by atoms with van der Waals surface area (Å²) in [7, 11) is 1.94. The van der Waals surface area contributed by atoms with E-state index in [1.165, 1.54) is 19.3 Å². The summed E-state index contributed by atoms with van der Waals surface area (Å²) in [6.07, 6.45) is 5.94. The Morgan fingerprint density at radius 1 is 1.27 bits per heavy atom. The number of hydrogen-bond donors (Lipinski definition) is 2. The molecule has 3 heteroatoms. The highest BCUT2D eigenvalue weighted by molar-refractivity contribution is 5.78. The molecule has 2 N–H and O–H groups in total. The fourth-order valence-corrected chi connectivity index (χ4v) is 2.20. The lowest BCUT2D eigenvalue weighted by Gasteiger charge is -2.21. The van der Waals surface area contributed by atoms with Gasteiger partial charge in [0.05, 0.1) is 0 Å². The van der Waals surface area contributed by atoms with E-state index in [0.29, 0.717) is 11.8 Å². The summed E-state index contributed by atoms with van der Waals surface area (Å²) in [6, 6.07) is 0. The van der Waals surface area contributed by atoms with Crippen LogP contribution in [0.5, 0.6) is 0 Å². The predicted molar refractivity (Wildman–Crippen MR) is 62.7 cm³/mol. The van der Waals surface area contributed by atoms with Crippen LogP contribution in [0.25, 0.3) is 0 Å². The van der Waals surface area contributed by atoms with Gasteiger partial charge in [0, 0.05) is 12.5 Å². The van der Waals surface area contributed by atoms with E-state index >= 15 is 0 Å². The predicted octanol–water partition coefficient (Wildman–Crippen LogP) is 1.54. The second-order valence-corrected chi connectivity index (χ2v) is 4.74. The van der Waals surface area contributed by atoms with Crippen molar-refractivity contribution in [3.63, 3.8) is 0 Å². The first-order valence-corrected chi connectivity index (χ1v) is 6.16. The molecule has 1 aliphatic carbocycles. The molecule has 1 fully saturated rings. The number of carbonyl (C=O) groups is 1. The van der Waals surface area contributed by atoms with Gasteiger partial charge in [-0.2, -0.15) is 0 Å². The maximum Gasteiger partial charge on any atom is 0.223 e. The minimum Gasteiger partial charge on any atom is -0.356 e. The molecule has 0 bridgehead atoms. The molecule has 88 valence electrons. The Bertz CT molecular complexity index is 188. The monoisotopic (exact) mass is 212 g/mol. The third kappa shape index (κ3) is 4.65. The van der Waals surface area contributed by atoms with Gasteiger partial charge in [0.1, 0.15) is 0 Å². The van der Waals surface area contributed by atoms with Gasteiger partial charge in [-0.15, -0.1) is 0 Å². The molecule has 1 rings (SSSR count). The van der Waals surface area contributed by atoms with Crippen LogP contribution in [-0.2, 0) is 4.79 Å². The number of rotatable bonds is 5. The lowest BCUT2D eigenvalue weighted by Crippen LogP contribution is -2.36. The highest BCUT2D eigenvalue weighted by Crippen LogP contribution is 2.23. The van der Waals surface area contributed by atoms with Gasteiger partial charge in [0.25, 0.3) is 0 Å². The van der Waals surface area contributed by atoms with Gasteiger partial charge in [-0.05, 0) is 32.4 Å². The van der Waals surface area contributed by atoms with E-state index in [-0.39, 0.29) is 5.91 Å². The largest absolute Gasteiger partial charge is 0.356 e. The minimum atomic E-state index is 0.276. The molecule has 0 aromatic heterocycles. The van der Waals surface area contributed by atoms with Crippen LogP contribution in [0, 0.1) is 11.8 Å². The van der Waals surface area contributed by atoms with Crippen LogP contribution in [0.1, 0.15) is 39.0 Å². The van der Waals surface area contributed by atoms with Crippen molar-refractivity contribution in [2.24, 2.45) is 11.8 Å². The molecule has 15 heavy (non-hydrogen) atoms. The van der Waals surface area contributed by atoms with E-state index in [9.17, 15) is 4.79 Å². The summed E-state index contributed by atoms with van der Waals surface area (Å²) < 4.78 is 0. The molecule has 1 amide bonds. The smallest absolute Gasteiger partial charge is 0.223 e. The highest BCUT2D eigenvalue weighted by atomic mass is 16.1. The summed E-state index contributed by atoms with van der Waals surface area (Å²) in [4.78, 5) is 11.8. The molecule has 0 radical (unpaired) electrons. The lowest BCUT2D eigenvalue weighted by atomic mass is 9.88. The van der Waals surface area contributed by atoms with E-state index in [2.05, 4.69) is 17.6 Å². The molecule has 1 aliphatic rings. The lowest BCUT2D eigenvalue weighted by molar-refractivity contribution is -0.126. The first-order valence-electron chi connectivity index (χ1n) is 6.16. The quantitative estimate of drug-likeness (QED) is 0.726. The number of carbonyl (C=O) groups excluding carboxylic acids is 1. The summed E-state index contributed by atoms with van der Waals surface area (Å²) in [5, 5.41) is 6.18. The maximum atomic E-state index is 11.8. The second kappa shape index (κ2) is 6.83. The fraction of sp³-hybridized carbons (Fsp3) is 0.917. The Hall–Kier alpha value is -0.570. The molecular formula is C12H24N2O. The van der Waals surface area contributed by atoms with E-state index < -0.39 is 0 Å². The minimum absolute atomic E-state index is 0.276. The van der Waals surface area contributed by atoms with E-state index in [1.807, 2.05) is 7.05 Å². The Morgan fingerprint density at radius 3 is 2.53 bits per heavy atom. The van der Waals surface area contributed by atoms with E-state index in [4.69, 9.17) is 0 Å². The van der Waals surface area contributed by atoms with Crippen molar-refractivity contribution < 1.29 is 4.79 Å². The van der Waals surface area contributed by atoms with Crippen molar-refractivity contribution in [1.29, 1.82) is 0 Å². The van der Waals surface area contributed by atoms with Crippen LogP contribution in [0.3, 0.4) is 0 Å². The van der Waals surface area contributed by atoms with Crippen molar-refractivity contribution in [1.82, 2.24) is 10.6 Å². The van der Waals surface area contributed by atoms with Crippen molar-refractivity contribution >= 4 is 5.91 Å². The van der Waals surface area contributed by atoms with Crippen LogP contribution >= 0.6 is 0 Å². The Labute approximate surface area is 93.0 Å². The topological polar surface area (TPSA) is 41.1 Å². The molecule has 3 nitrogen and oxygen atoms in total. The van der Waals surface area contributed by atoms with Crippen LogP contribution in [0.4, 0.5) is 0 Å². The maximum absolute atomic E-state index is 11.8. The van der Waals surface area contributed by atoms with Crippen LogP contribution in [0.15, 0.2) is 0 Å².